The van der Waals surface area contributed by atoms with Gasteiger partial charge in [0, 0.05) is 12.1 Å². The summed E-state index contributed by atoms with van der Waals surface area (Å²) in [5.74, 6) is -1.60. The topological polar surface area (TPSA) is 132 Å². The number of nitrogens with one attached hydrogen (secondary N) is 1. The van der Waals surface area contributed by atoms with E-state index in [9.17, 15) is 15.0 Å². The SMILES string of the molecule is CCCC[C@H](NN=[N+]=[N-])C(=O)On1c(O)ccc1O. The molecule has 1 heterocycles. The number of aromatic nitrogens is 1. The Balaban J connectivity index is 2.73. The van der Waals surface area contributed by atoms with Crippen LogP contribution in [0, 0.1) is 0 Å². The molecule has 0 aromatic carbocycles. The van der Waals surface area contributed by atoms with Crippen LogP contribution >= 0.6 is 0 Å². The van der Waals surface area contributed by atoms with E-state index in [1.807, 2.05) is 6.92 Å². The summed E-state index contributed by atoms with van der Waals surface area (Å²) in [6.45, 7) is 1.94. The first-order valence-corrected chi connectivity index (χ1v) is 5.71. The van der Waals surface area contributed by atoms with Gasteiger partial charge < -0.3 is 15.1 Å². The number of unbranched alkanes of at least 4 members (excludes halogenated alkanes) is 1. The minimum Gasteiger partial charge on any atom is -0.492 e. The summed E-state index contributed by atoms with van der Waals surface area (Å²) < 4.78 is 0.582. The number of rotatable bonds is 7. The molecule has 0 fully saturated rings. The highest BCUT2D eigenvalue weighted by Gasteiger charge is 2.24. The third-order valence-corrected chi connectivity index (χ3v) is 2.37. The van der Waals surface area contributed by atoms with Gasteiger partial charge in [-0.2, -0.15) is 4.91 Å². The highest BCUT2D eigenvalue weighted by molar-refractivity contribution is 5.76. The zero-order valence-electron chi connectivity index (χ0n) is 10.4. The molecule has 104 valence electrons. The van der Waals surface area contributed by atoms with Crippen molar-refractivity contribution < 1.29 is 19.8 Å². The molecular formula is C10H15N5O4. The van der Waals surface area contributed by atoms with Gasteiger partial charge in [-0.25, -0.2) is 10.2 Å². The fourth-order valence-corrected chi connectivity index (χ4v) is 1.39. The van der Waals surface area contributed by atoms with Crippen LogP contribution in [0.15, 0.2) is 17.4 Å². The summed E-state index contributed by atoms with van der Waals surface area (Å²) in [6, 6.07) is 1.49. The molecule has 0 unspecified atom stereocenters. The normalized spacial score (nSPS) is 11.4. The fourth-order valence-electron chi connectivity index (χ4n) is 1.39. The molecule has 1 aromatic rings. The average molecular weight is 269 g/mol. The van der Waals surface area contributed by atoms with Gasteiger partial charge in [0.25, 0.3) is 0 Å². The Bertz CT molecular complexity index is 461. The van der Waals surface area contributed by atoms with Crippen LogP contribution in [0.2, 0.25) is 0 Å². The van der Waals surface area contributed by atoms with Gasteiger partial charge in [-0.15, -0.1) is 10.3 Å². The van der Waals surface area contributed by atoms with Crippen molar-refractivity contribution in [3.05, 3.63) is 22.6 Å². The second kappa shape index (κ2) is 7.02. The Morgan fingerprint density at radius 3 is 2.74 bits per heavy atom. The van der Waals surface area contributed by atoms with E-state index in [2.05, 4.69) is 15.6 Å². The first-order valence-electron chi connectivity index (χ1n) is 5.71. The lowest BCUT2D eigenvalue weighted by molar-refractivity contribution is -0.148. The number of carbonyl (C=O) groups is 1. The van der Waals surface area contributed by atoms with Gasteiger partial charge in [-0.1, -0.05) is 13.3 Å². The molecule has 1 aromatic heterocycles. The molecule has 0 spiro atoms. The zero-order chi connectivity index (χ0) is 14.3. The molecular weight excluding hydrogens is 254 g/mol. The number of hydrogen-bond acceptors (Lipinski definition) is 5. The fraction of sp³-hybridized carbons (Fsp3) is 0.500. The molecule has 0 aliphatic rings. The molecule has 0 saturated carbocycles. The molecule has 0 radical (unpaired) electrons. The van der Waals surface area contributed by atoms with Gasteiger partial charge in [-0.3, -0.25) is 0 Å². The van der Waals surface area contributed by atoms with Crippen LogP contribution in [0.4, 0.5) is 0 Å². The number of carbonyl (C=O) groups excluding carboxylic acids is 1. The molecule has 0 amide bonds. The van der Waals surface area contributed by atoms with Crippen molar-refractivity contribution in [3.8, 4) is 11.8 Å². The Morgan fingerprint density at radius 1 is 1.58 bits per heavy atom. The smallest absolute Gasteiger partial charge is 0.377 e. The maximum absolute atomic E-state index is 11.8. The predicted octanol–water partition coefficient (Wildman–Crippen LogP) is 1.23. The minimum absolute atomic E-state index is 0.400. The summed E-state index contributed by atoms with van der Waals surface area (Å²) >= 11 is 0. The number of hydrogen-bond donors (Lipinski definition) is 3. The van der Waals surface area contributed by atoms with Gasteiger partial charge in [-0.05, 0) is 18.1 Å². The van der Waals surface area contributed by atoms with Crippen molar-refractivity contribution in [1.29, 1.82) is 0 Å². The van der Waals surface area contributed by atoms with E-state index < -0.39 is 23.8 Å². The molecule has 1 atom stereocenters. The van der Waals surface area contributed by atoms with E-state index in [-0.39, 0.29) is 0 Å². The van der Waals surface area contributed by atoms with Crippen molar-refractivity contribution >= 4 is 5.97 Å². The lowest BCUT2D eigenvalue weighted by Crippen LogP contribution is -2.39. The average Bonchev–Trinajstić information content (AvgIpc) is 2.70. The van der Waals surface area contributed by atoms with Crippen LogP contribution in [0.1, 0.15) is 26.2 Å². The first-order chi connectivity index (χ1) is 9.10. The van der Waals surface area contributed by atoms with Crippen molar-refractivity contribution in [1.82, 2.24) is 10.2 Å². The van der Waals surface area contributed by atoms with E-state index >= 15 is 0 Å². The number of azide groups is 1. The first kappa shape index (κ1) is 14.5. The van der Waals surface area contributed by atoms with Gasteiger partial charge in [0.05, 0.1) is 0 Å². The van der Waals surface area contributed by atoms with Gasteiger partial charge >= 0.3 is 5.97 Å². The molecule has 0 aliphatic heterocycles. The molecule has 0 aliphatic carbocycles. The summed E-state index contributed by atoms with van der Waals surface area (Å²) in [4.78, 5) is 19.1. The van der Waals surface area contributed by atoms with E-state index in [0.29, 0.717) is 11.2 Å². The quantitative estimate of drug-likeness (QED) is 0.296. The maximum Gasteiger partial charge on any atom is 0.377 e. The lowest BCUT2D eigenvalue weighted by atomic mass is 10.1. The molecule has 0 bridgehead atoms. The van der Waals surface area contributed by atoms with Gasteiger partial charge in [0.1, 0.15) is 0 Å². The van der Waals surface area contributed by atoms with Crippen molar-refractivity contribution in [3.63, 3.8) is 0 Å². The van der Waals surface area contributed by atoms with Crippen LogP contribution in [-0.2, 0) is 4.79 Å². The van der Waals surface area contributed by atoms with Gasteiger partial charge in [0.2, 0.25) is 11.8 Å². The highest BCUT2D eigenvalue weighted by atomic mass is 16.7. The van der Waals surface area contributed by atoms with Crippen LogP contribution in [0.5, 0.6) is 11.8 Å². The van der Waals surface area contributed by atoms with Crippen molar-refractivity contribution in [2.75, 3.05) is 0 Å². The van der Waals surface area contributed by atoms with Crippen LogP contribution in [0.25, 0.3) is 10.4 Å². The van der Waals surface area contributed by atoms with Crippen LogP contribution in [-0.4, -0.2) is 27.0 Å². The Morgan fingerprint density at radius 2 is 2.21 bits per heavy atom. The van der Waals surface area contributed by atoms with Crippen LogP contribution in [0.3, 0.4) is 0 Å². The lowest BCUT2D eigenvalue weighted by Gasteiger charge is -2.12. The Hall–Kier alpha value is -2.54. The minimum atomic E-state index is -0.850. The molecule has 19 heavy (non-hydrogen) atoms. The number of nitrogens with zero attached hydrogens (tertiary/aromatic N) is 4. The highest BCUT2D eigenvalue weighted by Crippen LogP contribution is 2.19. The standard InChI is InChI=1S/C10H15N5O4/c1-2-3-4-7(12-14-13-11)10(18)19-15-8(16)5-6-9(15)17/h5-7,12,16-17H,2-4H2,1H3/t7-/m0/s1. The monoisotopic (exact) mass is 269 g/mol. The second-order valence-corrected chi connectivity index (χ2v) is 3.77. The Labute approximate surface area is 109 Å². The number of aromatic hydroxyl groups is 2. The molecule has 3 N–H and O–H groups in total. The van der Waals surface area contributed by atoms with Crippen molar-refractivity contribution in [2.24, 2.45) is 5.22 Å². The van der Waals surface area contributed by atoms with Gasteiger partial charge in [0.15, 0.2) is 6.04 Å². The second-order valence-electron chi connectivity index (χ2n) is 3.77. The summed E-state index contributed by atoms with van der Waals surface area (Å²) in [5, 5.41) is 21.8. The van der Waals surface area contributed by atoms with Crippen LogP contribution < -0.4 is 10.3 Å². The summed E-state index contributed by atoms with van der Waals surface area (Å²) in [7, 11) is 0. The molecule has 0 saturated heterocycles. The van der Waals surface area contributed by atoms with E-state index in [4.69, 9.17) is 10.4 Å². The molecule has 9 heteroatoms. The predicted molar refractivity (Wildman–Crippen MR) is 64.9 cm³/mol. The third-order valence-electron chi connectivity index (χ3n) is 2.37. The largest absolute Gasteiger partial charge is 0.492 e. The molecule has 1 rings (SSSR count). The van der Waals surface area contributed by atoms with E-state index in [1.165, 1.54) is 12.1 Å². The van der Waals surface area contributed by atoms with E-state index in [1.54, 1.807) is 0 Å². The van der Waals surface area contributed by atoms with Crippen molar-refractivity contribution in [2.45, 2.75) is 32.2 Å². The Kier molecular flexibility index (Phi) is 5.36. The van der Waals surface area contributed by atoms with E-state index in [0.717, 1.165) is 12.8 Å². The summed E-state index contributed by atoms with van der Waals surface area (Å²) in [5.41, 5.74) is 10.5. The zero-order valence-corrected chi connectivity index (χ0v) is 10.4. The molecule has 9 nitrogen and oxygen atoms in total. The maximum atomic E-state index is 11.8. The third kappa shape index (κ3) is 4.00. The summed E-state index contributed by atoms with van der Waals surface area (Å²) in [6.07, 6.45) is 1.97.